The average molecular weight is 476 g/mol. The molecular formula is C23H23BrFNO4. The van der Waals surface area contributed by atoms with E-state index in [1.54, 1.807) is 29.2 Å². The lowest BCUT2D eigenvalue weighted by atomic mass is 9.84. The molecule has 0 aromatic heterocycles. The largest absolute Gasteiger partial charge is 0.465 e. The van der Waals surface area contributed by atoms with E-state index in [0.717, 1.165) is 11.1 Å². The van der Waals surface area contributed by atoms with Crippen LogP contribution in [0.4, 0.5) is 9.18 Å². The van der Waals surface area contributed by atoms with Crippen molar-refractivity contribution in [1.82, 2.24) is 4.90 Å². The van der Waals surface area contributed by atoms with Crippen LogP contribution in [0, 0.1) is 5.41 Å². The Bertz CT molecular complexity index is 934. The zero-order valence-electron chi connectivity index (χ0n) is 16.6. The molecule has 1 spiro atoms. The van der Waals surface area contributed by atoms with Gasteiger partial charge in [-0.1, -0.05) is 42.5 Å². The molecule has 7 heteroatoms. The van der Waals surface area contributed by atoms with E-state index in [4.69, 9.17) is 9.47 Å². The number of alkyl halides is 2. The molecule has 1 aliphatic heterocycles. The van der Waals surface area contributed by atoms with Crippen LogP contribution in [0.15, 0.2) is 54.6 Å². The van der Waals surface area contributed by atoms with E-state index >= 15 is 0 Å². The molecule has 2 aromatic rings. The summed E-state index contributed by atoms with van der Waals surface area (Å²) in [7, 11) is 1.33. The topological polar surface area (TPSA) is 55.8 Å². The third-order valence-corrected chi connectivity index (χ3v) is 7.28. The first-order valence-corrected chi connectivity index (χ1v) is 10.7. The Labute approximate surface area is 183 Å². The fraction of sp³-hybridized carbons (Fsp3) is 0.391. The second-order valence-electron chi connectivity index (χ2n) is 7.98. The van der Waals surface area contributed by atoms with E-state index in [1.807, 2.05) is 30.3 Å². The van der Waals surface area contributed by atoms with Crippen molar-refractivity contribution in [1.29, 1.82) is 0 Å². The summed E-state index contributed by atoms with van der Waals surface area (Å²) >= 11 is 3.20. The standard InChI is InChI=1S/C23H23BrFNO4/c1-29-20(27)18-9-7-17(8-10-18)19-13-22(15-23(22,24)25)11-12-26(19)21(28)30-14-16-5-3-2-4-6-16/h2-10,19H,11-15H2,1H3. The van der Waals surface area contributed by atoms with Gasteiger partial charge >= 0.3 is 12.1 Å². The fourth-order valence-electron chi connectivity index (χ4n) is 4.22. The predicted octanol–water partition coefficient (Wildman–Crippen LogP) is 5.40. The van der Waals surface area contributed by atoms with Gasteiger partial charge in [0, 0.05) is 18.4 Å². The summed E-state index contributed by atoms with van der Waals surface area (Å²) in [5.74, 6) is -0.425. The van der Waals surface area contributed by atoms with E-state index in [1.165, 1.54) is 7.11 Å². The second-order valence-corrected chi connectivity index (χ2v) is 9.24. The monoisotopic (exact) mass is 475 g/mol. The quantitative estimate of drug-likeness (QED) is 0.438. The molecule has 1 amide bonds. The Hall–Kier alpha value is -2.41. The van der Waals surface area contributed by atoms with Crippen molar-refractivity contribution in [2.45, 2.75) is 36.5 Å². The second kappa shape index (κ2) is 8.02. The summed E-state index contributed by atoms with van der Waals surface area (Å²) < 4.78 is 23.6. The molecule has 158 valence electrons. The SMILES string of the molecule is COC(=O)c1ccc(C2CC3(CCN2C(=O)OCc2ccccc2)CC3(F)Br)cc1. The predicted molar refractivity (Wildman–Crippen MR) is 113 cm³/mol. The molecule has 0 radical (unpaired) electrons. The maximum Gasteiger partial charge on any atom is 0.410 e. The van der Waals surface area contributed by atoms with Gasteiger partial charge in [-0.15, -0.1) is 0 Å². The van der Waals surface area contributed by atoms with Crippen LogP contribution in [0.3, 0.4) is 0 Å². The van der Waals surface area contributed by atoms with Gasteiger partial charge in [0.1, 0.15) is 6.61 Å². The number of nitrogens with zero attached hydrogens (tertiary/aromatic N) is 1. The zero-order chi connectivity index (χ0) is 21.4. The minimum Gasteiger partial charge on any atom is -0.465 e. The highest BCUT2D eigenvalue weighted by Gasteiger charge is 2.69. The van der Waals surface area contributed by atoms with Gasteiger partial charge in [0.2, 0.25) is 0 Å². The van der Waals surface area contributed by atoms with Gasteiger partial charge in [-0.2, -0.15) is 0 Å². The number of likely N-dealkylation sites (tertiary alicyclic amines) is 1. The maximum atomic E-state index is 14.7. The fourth-order valence-corrected chi connectivity index (χ4v) is 5.12. The number of rotatable bonds is 4. The first-order valence-electron chi connectivity index (χ1n) is 9.89. The van der Waals surface area contributed by atoms with Crippen LogP contribution in [0.25, 0.3) is 0 Å². The van der Waals surface area contributed by atoms with E-state index in [-0.39, 0.29) is 12.6 Å². The summed E-state index contributed by atoms with van der Waals surface area (Å²) in [4.78, 5) is 26.3. The summed E-state index contributed by atoms with van der Waals surface area (Å²) in [5.41, 5.74) is 1.70. The number of piperidine rings is 1. The lowest BCUT2D eigenvalue weighted by molar-refractivity contribution is 0.0469. The normalized spacial score (nSPS) is 27.6. The molecule has 2 aliphatic rings. The van der Waals surface area contributed by atoms with Gasteiger partial charge < -0.3 is 14.4 Å². The zero-order valence-corrected chi connectivity index (χ0v) is 18.2. The number of halogens is 2. The molecule has 4 rings (SSSR count). The lowest BCUT2D eigenvalue weighted by Crippen LogP contribution is -2.43. The highest BCUT2D eigenvalue weighted by molar-refractivity contribution is 9.10. The van der Waals surface area contributed by atoms with Gasteiger partial charge in [-0.05, 0) is 52.0 Å². The first kappa shape index (κ1) is 20.8. The molecule has 1 saturated carbocycles. The summed E-state index contributed by atoms with van der Waals surface area (Å²) in [5, 5.41) is 0. The molecule has 0 N–H and O–H groups in total. The van der Waals surface area contributed by atoms with Crippen molar-refractivity contribution in [3.8, 4) is 0 Å². The van der Waals surface area contributed by atoms with Crippen LogP contribution >= 0.6 is 15.9 Å². The molecule has 5 nitrogen and oxygen atoms in total. The molecule has 30 heavy (non-hydrogen) atoms. The number of hydrogen-bond acceptors (Lipinski definition) is 4. The van der Waals surface area contributed by atoms with Crippen molar-refractivity contribution in [3.63, 3.8) is 0 Å². The van der Waals surface area contributed by atoms with Crippen LogP contribution in [0.2, 0.25) is 0 Å². The smallest absolute Gasteiger partial charge is 0.410 e. The molecule has 2 aromatic carbocycles. The number of benzene rings is 2. The van der Waals surface area contributed by atoms with Crippen LogP contribution in [-0.4, -0.2) is 35.2 Å². The van der Waals surface area contributed by atoms with Crippen LogP contribution in [-0.2, 0) is 16.1 Å². The third kappa shape index (κ3) is 3.95. The molecular weight excluding hydrogens is 453 g/mol. The average Bonchev–Trinajstić information content (AvgIpc) is 3.30. The highest BCUT2D eigenvalue weighted by Crippen LogP contribution is 2.70. The Morgan fingerprint density at radius 2 is 1.83 bits per heavy atom. The number of ether oxygens (including phenoxy) is 2. The van der Waals surface area contributed by atoms with Gasteiger partial charge in [0.25, 0.3) is 0 Å². The number of esters is 1. The molecule has 1 saturated heterocycles. The van der Waals surface area contributed by atoms with E-state index in [2.05, 4.69) is 15.9 Å². The first-order chi connectivity index (χ1) is 14.4. The molecule has 1 aliphatic carbocycles. The Morgan fingerprint density at radius 1 is 1.17 bits per heavy atom. The number of hydrogen-bond donors (Lipinski definition) is 0. The minimum atomic E-state index is -1.38. The summed E-state index contributed by atoms with van der Waals surface area (Å²) in [6, 6.07) is 16.1. The van der Waals surface area contributed by atoms with E-state index in [9.17, 15) is 14.0 Å². The highest BCUT2D eigenvalue weighted by atomic mass is 79.9. The van der Waals surface area contributed by atoms with Crippen LogP contribution in [0.1, 0.15) is 46.8 Å². The van der Waals surface area contributed by atoms with Crippen LogP contribution in [0.5, 0.6) is 0 Å². The molecule has 2 fully saturated rings. The summed E-state index contributed by atoms with van der Waals surface area (Å²) in [6.45, 7) is 0.592. The Kier molecular flexibility index (Phi) is 5.57. The number of methoxy groups -OCH3 is 1. The van der Waals surface area contributed by atoms with E-state index in [0.29, 0.717) is 31.4 Å². The Balaban J connectivity index is 1.54. The van der Waals surface area contributed by atoms with Crippen molar-refractivity contribution >= 4 is 28.0 Å². The van der Waals surface area contributed by atoms with Gasteiger partial charge in [0.05, 0.1) is 18.7 Å². The van der Waals surface area contributed by atoms with Crippen molar-refractivity contribution < 1.29 is 23.5 Å². The van der Waals surface area contributed by atoms with Crippen molar-refractivity contribution in [3.05, 3.63) is 71.3 Å². The maximum absolute atomic E-state index is 14.7. The van der Waals surface area contributed by atoms with Gasteiger partial charge in [-0.3, -0.25) is 0 Å². The number of carbonyl (C=O) groups excluding carboxylic acids is 2. The summed E-state index contributed by atoms with van der Waals surface area (Å²) in [6.07, 6.45) is 1.08. The molecule has 3 atom stereocenters. The van der Waals surface area contributed by atoms with Crippen molar-refractivity contribution in [2.24, 2.45) is 5.41 Å². The molecule has 0 bridgehead atoms. The Morgan fingerprint density at radius 3 is 2.43 bits per heavy atom. The molecule has 3 unspecified atom stereocenters. The van der Waals surface area contributed by atoms with Gasteiger partial charge in [-0.25, -0.2) is 14.0 Å². The lowest BCUT2D eigenvalue weighted by Gasteiger charge is -2.40. The third-order valence-electron chi connectivity index (χ3n) is 6.16. The van der Waals surface area contributed by atoms with Gasteiger partial charge in [0.15, 0.2) is 4.58 Å². The number of amides is 1. The minimum absolute atomic E-state index is 0.181. The van der Waals surface area contributed by atoms with Crippen molar-refractivity contribution in [2.75, 3.05) is 13.7 Å². The van der Waals surface area contributed by atoms with E-state index < -0.39 is 22.1 Å². The van der Waals surface area contributed by atoms with Crippen LogP contribution < -0.4 is 0 Å². The molecule has 1 heterocycles. The number of carbonyl (C=O) groups is 2.